The average Bonchev–Trinajstić information content (AvgIpc) is 3.01. The van der Waals surface area contributed by atoms with Gasteiger partial charge in [0.2, 0.25) is 0 Å². The van der Waals surface area contributed by atoms with Crippen LogP contribution >= 0.6 is 7.82 Å². The van der Waals surface area contributed by atoms with Crippen LogP contribution in [0.15, 0.2) is 24.3 Å². The molecule has 0 aliphatic heterocycles. The number of rotatable bonds is 33. The third-order valence-corrected chi connectivity index (χ3v) is 8.69. The summed E-state index contributed by atoms with van der Waals surface area (Å²) in [6.45, 7) is 4.12. The summed E-state index contributed by atoms with van der Waals surface area (Å²) in [6.07, 6.45) is 29.2. The number of ether oxygens (including phenoxy) is 2. The van der Waals surface area contributed by atoms with Gasteiger partial charge in [0.25, 0.3) is 7.82 Å². The summed E-state index contributed by atoms with van der Waals surface area (Å²) in [6, 6.07) is 0. The van der Waals surface area contributed by atoms with Crippen molar-refractivity contribution in [1.82, 2.24) is 0 Å². The predicted octanol–water partition coefficient (Wildman–Crippen LogP) is 8.99. The molecule has 0 aromatic rings. The average molecular weight is 688 g/mol. The fourth-order valence-electron chi connectivity index (χ4n) is 4.73. The number of nitrogens with zero attached hydrogens (tertiary/aromatic N) is 1. The van der Waals surface area contributed by atoms with Crippen LogP contribution in [0, 0.1) is 0 Å². The van der Waals surface area contributed by atoms with Gasteiger partial charge in [-0.15, -0.1) is 0 Å². The Balaban J connectivity index is 4.45. The lowest BCUT2D eigenvalue weighted by atomic mass is 10.1. The topological polar surface area (TPSA) is 111 Å². The van der Waals surface area contributed by atoms with Crippen molar-refractivity contribution in [3.8, 4) is 0 Å². The van der Waals surface area contributed by atoms with E-state index in [0.29, 0.717) is 23.9 Å². The molecule has 0 bridgehead atoms. The molecular formula is C37H70NO8P. The molecule has 0 rings (SSSR count). The van der Waals surface area contributed by atoms with Crippen molar-refractivity contribution in [2.24, 2.45) is 0 Å². The maximum absolute atomic E-state index is 12.5. The third kappa shape index (κ3) is 34.2. The standard InChI is InChI=1S/C37H70NO8P/c1-6-8-10-12-14-16-17-18-19-20-22-23-25-27-29-36(39)43-33-35(34-45-47(41,42)44-32-31-38(3,4)5)46-37(40)30-28-26-24-21-15-13-11-9-7-2/h12,14,17-18,35H,6-11,13,15-16,19-34H2,1-5H3/b14-12-,18-17-/t35-/m1/s1. The van der Waals surface area contributed by atoms with Gasteiger partial charge >= 0.3 is 11.9 Å². The Morgan fingerprint density at radius 3 is 1.74 bits per heavy atom. The van der Waals surface area contributed by atoms with E-state index < -0.39 is 32.5 Å². The summed E-state index contributed by atoms with van der Waals surface area (Å²) in [5.41, 5.74) is 0. The molecule has 0 aliphatic rings. The third-order valence-electron chi connectivity index (χ3n) is 7.72. The minimum atomic E-state index is -4.61. The van der Waals surface area contributed by atoms with Gasteiger partial charge in [-0.1, -0.05) is 122 Å². The number of quaternary nitrogens is 1. The summed E-state index contributed by atoms with van der Waals surface area (Å²) in [5, 5.41) is 0. The highest BCUT2D eigenvalue weighted by molar-refractivity contribution is 7.45. The highest BCUT2D eigenvalue weighted by Crippen LogP contribution is 2.38. The van der Waals surface area contributed by atoms with Gasteiger partial charge in [0.15, 0.2) is 6.10 Å². The van der Waals surface area contributed by atoms with Crippen molar-refractivity contribution in [3.05, 3.63) is 24.3 Å². The van der Waals surface area contributed by atoms with Crippen molar-refractivity contribution >= 4 is 19.8 Å². The lowest BCUT2D eigenvalue weighted by Gasteiger charge is -2.28. The minimum Gasteiger partial charge on any atom is -0.756 e. The molecule has 0 saturated heterocycles. The Morgan fingerprint density at radius 1 is 0.660 bits per heavy atom. The van der Waals surface area contributed by atoms with Gasteiger partial charge in [-0.25, -0.2) is 0 Å². The summed E-state index contributed by atoms with van der Waals surface area (Å²) in [7, 11) is 1.16. The number of esters is 2. The zero-order valence-corrected chi connectivity index (χ0v) is 31.6. The summed E-state index contributed by atoms with van der Waals surface area (Å²) < 4.78 is 33.6. The molecule has 0 heterocycles. The van der Waals surface area contributed by atoms with Crippen LogP contribution in [0.3, 0.4) is 0 Å². The van der Waals surface area contributed by atoms with Gasteiger partial charge in [0.1, 0.15) is 19.8 Å². The van der Waals surface area contributed by atoms with Crippen molar-refractivity contribution < 1.29 is 42.1 Å². The second-order valence-electron chi connectivity index (χ2n) is 13.6. The molecule has 0 fully saturated rings. The van der Waals surface area contributed by atoms with Crippen LogP contribution < -0.4 is 4.89 Å². The number of hydrogen-bond donors (Lipinski definition) is 0. The number of unbranched alkanes of at least 4 members (excludes halogenated alkanes) is 15. The summed E-state index contributed by atoms with van der Waals surface area (Å²) >= 11 is 0. The Bertz CT molecular complexity index is 871. The highest BCUT2D eigenvalue weighted by Gasteiger charge is 2.21. The number of allylic oxidation sites excluding steroid dienone is 4. The predicted molar refractivity (Wildman–Crippen MR) is 190 cm³/mol. The van der Waals surface area contributed by atoms with Crippen molar-refractivity contribution in [2.75, 3.05) is 47.5 Å². The van der Waals surface area contributed by atoms with E-state index in [4.69, 9.17) is 18.5 Å². The van der Waals surface area contributed by atoms with E-state index in [9.17, 15) is 19.0 Å². The molecule has 0 radical (unpaired) electrons. The molecular weight excluding hydrogens is 617 g/mol. The van der Waals surface area contributed by atoms with Crippen molar-refractivity contribution in [3.63, 3.8) is 0 Å². The molecule has 9 nitrogen and oxygen atoms in total. The molecule has 0 aromatic carbocycles. The van der Waals surface area contributed by atoms with Gasteiger partial charge in [-0.05, 0) is 38.5 Å². The Kier molecular flexibility index (Phi) is 29.6. The fraction of sp³-hybridized carbons (Fsp3) is 0.838. The Labute approximate surface area is 288 Å². The molecule has 0 aromatic heterocycles. The molecule has 47 heavy (non-hydrogen) atoms. The van der Waals surface area contributed by atoms with Gasteiger partial charge in [-0.3, -0.25) is 14.2 Å². The normalized spacial score (nSPS) is 14.1. The number of likely N-dealkylation sites (N-methyl/N-ethyl adjacent to an activating group) is 1. The molecule has 10 heteroatoms. The van der Waals surface area contributed by atoms with E-state index in [-0.39, 0.29) is 26.1 Å². The van der Waals surface area contributed by atoms with Gasteiger partial charge in [0, 0.05) is 12.8 Å². The zero-order chi connectivity index (χ0) is 35.1. The van der Waals surface area contributed by atoms with Crippen LogP contribution in [0.2, 0.25) is 0 Å². The number of carbonyl (C=O) groups is 2. The fourth-order valence-corrected chi connectivity index (χ4v) is 5.46. The van der Waals surface area contributed by atoms with Crippen LogP contribution in [-0.2, 0) is 32.7 Å². The van der Waals surface area contributed by atoms with E-state index in [1.54, 1.807) is 0 Å². The molecule has 0 amide bonds. The number of hydrogen-bond acceptors (Lipinski definition) is 8. The van der Waals surface area contributed by atoms with Crippen LogP contribution in [0.5, 0.6) is 0 Å². The molecule has 0 spiro atoms. The second kappa shape index (κ2) is 30.5. The molecule has 2 atom stereocenters. The molecule has 0 N–H and O–H groups in total. The second-order valence-corrected chi connectivity index (χ2v) is 15.0. The van der Waals surface area contributed by atoms with E-state index >= 15 is 0 Å². The first-order chi connectivity index (χ1) is 22.5. The first-order valence-corrected chi connectivity index (χ1v) is 20.0. The monoisotopic (exact) mass is 687 g/mol. The first-order valence-electron chi connectivity index (χ1n) is 18.5. The van der Waals surface area contributed by atoms with E-state index in [2.05, 4.69) is 38.2 Å². The molecule has 0 saturated carbocycles. The van der Waals surface area contributed by atoms with E-state index in [1.165, 1.54) is 44.9 Å². The van der Waals surface area contributed by atoms with Crippen LogP contribution in [0.25, 0.3) is 0 Å². The largest absolute Gasteiger partial charge is 0.756 e. The highest BCUT2D eigenvalue weighted by atomic mass is 31.2. The van der Waals surface area contributed by atoms with Gasteiger partial charge < -0.3 is 27.9 Å². The molecule has 0 aliphatic carbocycles. The SMILES string of the molecule is CCCC/C=C\C/C=C\CCCCCCCC(=O)OC[C@H](COP(=O)([O-])OCC[N+](C)(C)C)OC(=O)CCCCCCCCCCC. The van der Waals surface area contributed by atoms with Crippen molar-refractivity contribution in [1.29, 1.82) is 0 Å². The van der Waals surface area contributed by atoms with Crippen LogP contribution in [0.1, 0.15) is 149 Å². The molecule has 276 valence electrons. The lowest BCUT2D eigenvalue weighted by molar-refractivity contribution is -0.870. The van der Waals surface area contributed by atoms with E-state index in [1.807, 2.05) is 21.1 Å². The maximum atomic E-state index is 12.5. The quantitative estimate of drug-likeness (QED) is 0.0221. The Morgan fingerprint density at radius 2 is 1.17 bits per heavy atom. The summed E-state index contributed by atoms with van der Waals surface area (Å²) in [5.74, 6) is -0.855. The van der Waals surface area contributed by atoms with Crippen LogP contribution in [0.4, 0.5) is 0 Å². The zero-order valence-electron chi connectivity index (χ0n) is 30.7. The number of phosphoric acid groups is 1. The Hall–Kier alpha value is -1.51. The maximum Gasteiger partial charge on any atom is 0.306 e. The number of carbonyl (C=O) groups excluding carboxylic acids is 2. The smallest absolute Gasteiger partial charge is 0.306 e. The van der Waals surface area contributed by atoms with Gasteiger partial charge in [0.05, 0.1) is 27.7 Å². The lowest BCUT2D eigenvalue weighted by Crippen LogP contribution is -2.37. The van der Waals surface area contributed by atoms with Gasteiger partial charge in [-0.2, -0.15) is 0 Å². The minimum absolute atomic E-state index is 0.0319. The number of phosphoric ester groups is 1. The van der Waals surface area contributed by atoms with E-state index in [0.717, 1.165) is 64.2 Å². The van der Waals surface area contributed by atoms with Crippen molar-refractivity contribution in [2.45, 2.75) is 155 Å². The summed E-state index contributed by atoms with van der Waals surface area (Å²) in [4.78, 5) is 37.2. The first kappa shape index (κ1) is 45.5. The van der Waals surface area contributed by atoms with Crippen LogP contribution in [-0.4, -0.2) is 70.0 Å². The molecule has 1 unspecified atom stereocenters.